The van der Waals surface area contributed by atoms with Crippen LogP contribution in [0.1, 0.15) is 6.42 Å². The minimum Gasteiger partial charge on any atom is -0.497 e. The van der Waals surface area contributed by atoms with Gasteiger partial charge in [0.2, 0.25) is 10.0 Å². The second-order valence-corrected chi connectivity index (χ2v) is 7.87. The van der Waals surface area contributed by atoms with Crippen molar-refractivity contribution in [2.75, 3.05) is 20.2 Å². The van der Waals surface area contributed by atoms with Crippen molar-refractivity contribution >= 4 is 16.0 Å². The van der Waals surface area contributed by atoms with E-state index in [2.05, 4.69) is 0 Å². The highest BCUT2D eigenvalue weighted by atomic mass is 32.2. The minimum atomic E-state index is -3.71. The maximum absolute atomic E-state index is 12.6. The van der Waals surface area contributed by atoms with Crippen LogP contribution in [-0.4, -0.2) is 44.0 Å². The average molecular weight is 377 g/mol. The van der Waals surface area contributed by atoms with Gasteiger partial charge in [-0.25, -0.2) is 8.42 Å². The number of sulfonamides is 1. The molecule has 2 aromatic rings. The van der Waals surface area contributed by atoms with E-state index in [9.17, 15) is 13.2 Å². The molecule has 1 N–H and O–H groups in total. The number of carbonyl (C=O) groups is 1. The number of aliphatic carboxylic acids is 1. The molecule has 138 valence electrons. The molecule has 1 saturated heterocycles. The second kappa shape index (κ2) is 7.35. The van der Waals surface area contributed by atoms with Gasteiger partial charge in [0.05, 0.1) is 17.9 Å². The monoisotopic (exact) mass is 377 g/mol. The van der Waals surface area contributed by atoms with Gasteiger partial charge in [0.1, 0.15) is 17.2 Å². The molecule has 26 heavy (non-hydrogen) atoms. The van der Waals surface area contributed by atoms with Crippen LogP contribution in [0.2, 0.25) is 0 Å². The highest BCUT2D eigenvalue weighted by Gasteiger charge is 2.35. The summed E-state index contributed by atoms with van der Waals surface area (Å²) >= 11 is 0. The Hall–Kier alpha value is -2.58. The number of ether oxygens (including phenoxy) is 2. The molecule has 1 aliphatic rings. The molecule has 0 aliphatic carbocycles. The first-order valence-electron chi connectivity index (χ1n) is 8.05. The zero-order valence-electron chi connectivity index (χ0n) is 14.2. The maximum atomic E-state index is 12.6. The summed E-state index contributed by atoms with van der Waals surface area (Å²) in [7, 11) is -2.13. The molecule has 2 aromatic carbocycles. The third-order valence-corrected chi connectivity index (χ3v) is 6.14. The molecule has 1 unspecified atom stereocenters. The topological polar surface area (TPSA) is 93.1 Å². The highest BCUT2D eigenvalue weighted by molar-refractivity contribution is 7.89. The molecule has 0 radical (unpaired) electrons. The van der Waals surface area contributed by atoms with Crippen LogP contribution < -0.4 is 9.47 Å². The summed E-state index contributed by atoms with van der Waals surface area (Å²) in [6.45, 7) is 0.213. The summed E-state index contributed by atoms with van der Waals surface area (Å²) in [5.41, 5.74) is 0. The smallest absolute Gasteiger partial charge is 0.307 e. The Kier molecular flexibility index (Phi) is 5.15. The van der Waals surface area contributed by atoms with Crippen molar-refractivity contribution in [1.29, 1.82) is 0 Å². The van der Waals surface area contributed by atoms with Gasteiger partial charge < -0.3 is 14.6 Å². The van der Waals surface area contributed by atoms with Crippen molar-refractivity contribution in [2.45, 2.75) is 11.3 Å². The highest BCUT2D eigenvalue weighted by Crippen LogP contribution is 2.28. The van der Waals surface area contributed by atoms with E-state index < -0.39 is 21.9 Å². The number of rotatable bonds is 6. The fraction of sp³-hybridized carbons (Fsp3) is 0.278. The second-order valence-electron chi connectivity index (χ2n) is 5.94. The molecule has 1 atom stereocenters. The van der Waals surface area contributed by atoms with Crippen LogP contribution in [-0.2, 0) is 14.8 Å². The summed E-state index contributed by atoms with van der Waals surface area (Å²) < 4.78 is 37.2. The number of nitrogens with zero attached hydrogens (tertiary/aromatic N) is 1. The number of hydrogen-bond donors (Lipinski definition) is 1. The van der Waals surface area contributed by atoms with E-state index in [4.69, 9.17) is 14.6 Å². The number of methoxy groups -OCH3 is 1. The molecule has 1 aliphatic heterocycles. The van der Waals surface area contributed by atoms with Gasteiger partial charge in [0.25, 0.3) is 0 Å². The molecule has 1 fully saturated rings. The number of hydrogen-bond acceptors (Lipinski definition) is 5. The minimum absolute atomic E-state index is 0.00175. The summed E-state index contributed by atoms with van der Waals surface area (Å²) in [5, 5.41) is 9.03. The molecule has 0 aromatic heterocycles. The Morgan fingerprint density at radius 2 is 1.58 bits per heavy atom. The van der Waals surface area contributed by atoms with Gasteiger partial charge in [-0.15, -0.1) is 0 Å². The van der Waals surface area contributed by atoms with Gasteiger partial charge in [0, 0.05) is 13.1 Å². The third-order valence-electron chi connectivity index (χ3n) is 4.26. The van der Waals surface area contributed by atoms with Gasteiger partial charge in [-0.1, -0.05) is 0 Å². The standard InChI is InChI=1S/C18H19NO6S/c1-24-14-2-4-15(5-3-14)25-16-6-8-17(9-7-16)26(22,23)19-11-10-13(12-19)18(20)21/h2-9,13H,10-12H2,1H3,(H,20,21). The van der Waals surface area contributed by atoms with Crippen LogP contribution in [0.4, 0.5) is 0 Å². The first-order valence-corrected chi connectivity index (χ1v) is 9.49. The summed E-state index contributed by atoms with van der Waals surface area (Å²) in [5.74, 6) is 0.196. The van der Waals surface area contributed by atoms with Gasteiger partial charge in [-0.05, 0) is 55.0 Å². The van der Waals surface area contributed by atoms with E-state index in [0.29, 0.717) is 23.7 Å². The van der Waals surface area contributed by atoms with Crippen LogP contribution >= 0.6 is 0 Å². The van der Waals surface area contributed by atoms with Gasteiger partial charge in [-0.2, -0.15) is 4.31 Å². The lowest BCUT2D eigenvalue weighted by Gasteiger charge is -2.16. The van der Waals surface area contributed by atoms with E-state index in [-0.39, 0.29) is 18.0 Å². The van der Waals surface area contributed by atoms with Crippen LogP contribution in [0.15, 0.2) is 53.4 Å². The Morgan fingerprint density at radius 3 is 2.08 bits per heavy atom. The normalized spacial score (nSPS) is 17.8. The molecule has 0 saturated carbocycles. The largest absolute Gasteiger partial charge is 0.497 e. The van der Waals surface area contributed by atoms with Gasteiger partial charge in [-0.3, -0.25) is 4.79 Å². The fourth-order valence-electron chi connectivity index (χ4n) is 2.76. The van der Waals surface area contributed by atoms with Crippen molar-refractivity contribution in [1.82, 2.24) is 4.31 Å². The van der Waals surface area contributed by atoms with E-state index in [1.807, 2.05) is 0 Å². The van der Waals surface area contributed by atoms with Crippen molar-refractivity contribution in [2.24, 2.45) is 5.92 Å². The average Bonchev–Trinajstić information content (AvgIpc) is 3.14. The van der Waals surface area contributed by atoms with E-state index in [1.54, 1.807) is 43.5 Å². The van der Waals surface area contributed by atoms with E-state index >= 15 is 0 Å². The van der Waals surface area contributed by atoms with Crippen molar-refractivity contribution in [3.05, 3.63) is 48.5 Å². The van der Waals surface area contributed by atoms with Crippen LogP contribution in [0, 0.1) is 5.92 Å². The third kappa shape index (κ3) is 3.81. The Labute approximate surface area is 151 Å². The van der Waals surface area contributed by atoms with E-state index in [0.717, 1.165) is 0 Å². The zero-order valence-corrected chi connectivity index (χ0v) is 15.0. The summed E-state index contributed by atoms with van der Waals surface area (Å²) in [6.07, 6.45) is 0.327. The fourth-order valence-corrected chi connectivity index (χ4v) is 4.26. The predicted molar refractivity (Wildman–Crippen MR) is 94.0 cm³/mol. The zero-order chi connectivity index (χ0) is 18.7. The molecule has 3 rings (SSSR count). The molecule has 8 heteroatoms. The predicted octanol–water partition coefficient (Wildman–Crippen LogP) is 2.58. The van der Waals surface area contributed by atoms with Crippen LogP contribution in [0.25, 0.3) is 0 Å². The van der Waals surface area contributed by atoms with Gasteiger partial charge in [0.15, 0.2) is 0 Å². The van der Waals surface area contributed by atoms with Gasteiger partial charge >= 0.3 is 5.97 Å². The first-order chi connectivity index (χ1) is 12.4. The van der Waals surface area contributed by atoms with Crippen molar-refractivity contribution in [3.8, 4) is 17.2 Å². The molecule has 0 amide bonds. The summed E-state index contributed by atoms with van der Waals surface area (Å²) in [6, 6.07) is 13.1. The Balaban J connectivity index is 1.71. The van der Waals surface area contributed by atoms with Crippen molar-refractivity contribution < 1.29 is 27.8 Å². The van der Waals surface area contributed by atoms with Crippen molar-refractivity contribution in [3.63, 3.8) is 0 Å². The number of carboxylic acids is 1. The number of benzene rings is 2. The van der Waals surface area contributed by atoms with Crippen LogP contribution in [0.5, 0.6) is 17.2 Å². The quantitative estimate of drug-likeness (QED) is 0.832. The molecular formula is C18H19NO6S. The lowest BCUT2D eigenvalue weighted by atomic mass is 10.1. The first kappa shape index (κ1) is 18.2. The molecule has 7 nitrogen and oxygen atoms in total. The number of carboxylic acid groups (broad SMARTS) is 1. The van der Waals surface area contributed by atoms with Crippen LogP contribution in [0.3, 0.4) is 0 Å². The molecule has 0 bridgehead atoms. The molecule has 0 spiro atoms. The lowest BCUT2D eigenvalue weighted by Crippen LogP contribution is -2.30. The Bertz CT molecular complexity index is 877. The van der Waals surface area contributed by atoms with E-state index in [1.165, 1.54) is 16.4 Å². The maximum Gasteiger partial charge on any atom is 0.307 e. The SMILES string of the molecule is COc1ccc(Oc2ccc(S(=O)(=O)N3CCC(C(=O)O)C3)cc2)cc1. The molecular weight excluding hydrogens is 358 g/mol. The molecule has 1 heterocycles. The lowest BCUT2D eigenvalue weighted by molar-refractivity contribution is -0.141. The Morgan fingerprint density at radius 1 is 1.04 bits per heavy atom. The summed E-state index contributed by atoms with van der Waals surface area (Å²) in [4.78, 5) is 11.1.